The van der Waals surface area contributed by atoms with Crippen LogP contribution in [-0.4, -0.2) is 35.4 Å². The van der Waals surface area contributed by atoms with Crippen molar-refractivity contribution in [2.24, 2.45) is 0 Å². The van der Waals surface area contributed by atoms with E-state index in [1.54, 1.807) is 60.8 Å². The molecule has 1 amide bonds. The van der Waals surface area contributed by atoms with Crippen molar-refractivity contribution in [1.29, 1.82) is 0 Å². The monoisotopic (exact) mass is 450 g/mol. The van der Waals surface area contributed by atoms with Gasteiger partial charge in [0.05, 0.1) is 29.4 Å². The van der Waals surface area contributed by atoms with Crippen LogP contribution in [0, 0.1) is 5.82 Å². The van der Waals surface area contributed by atoms with Gasteiger partial charge in [0.2, 0.25) is 5.89 Å². The first kappa shape index (κ1) is 21.5. The lowest BCUT2D eigenvalue weighted by atomic mass is 10.1. The van der Waals surface area contributed by atoms with Gasteiger partial charge in [-0.1, -0.05) is 30.3 Å². The first-order valence-electron chi connectivity index (χ1n) is 9.76. The fourth-order valence-electron chi connectivity index (χ4n) is 3.07. The van der Waals surface area contributed by atoms with E-state index in [1.807, 2.05) is 17.5 Å². The molecular weight excluding hydrogens is 431 g/mol. The lowest BCUT2D eigenvalue weighted by Crippen LogP contribution is -2.30. The summed E-state index contributed by atoms with van der Waals surface area (Å²) in [4.78, 5) is 31.8. The van der Waals surface area contributed by atoms with Crippen LogP contribution in [0.2, 0.25) is 0 Å². The molecule has 0 bridgehead atoms. The number of hydrogen-bond acceptors (Lipinski definition) is 6. The Balaban J connectivity index is 1.47. The lowest BCUT2D eigenvalue weighted by molar-refractivity contribution is -0.133. The molecule has 0 spiro atoms. The molecule has 4 rings (SSSR count). The normalized spacial score (nSPS) is 10.7. The molecule has 0 saturated carbocycles. The summed E-state index contributed by atoms with van der Waals surface area (Å²) in [5.41, 5.74) is 0.855. The predicted molar refractivity (Wildman–Crippen MR) is 118 cm³/mol. The summed E-state index contributed by atoms with van der Waals surface area (Å²) in [6, 6.07) is 16.6. The number of hydrogen-bond donors (Lipinski definition) is 0. The van der Waals surface area contributed by atoms with E-state index in [9.17, 15) is 14.0 Å². The molecule has 2 aromatic heterocycles. The average molecular weight is 450 g/mol. The van der Waals surface area contributed by atoms with Crippen LogP contribution in [0.15, 0.2) is 76.7 Å². The van der Waals surface area contributed by atoms with E-state index in [2.05, 4.69) is 4.98 Å². The Kier molecular flexibility index (Phi) is 6.42. The van der Waals surface area contributed by atoms with Crippen molar-refractivity contribution >= 4 is 23.2 Å². The summed E-state index contributed by atoms with van der Waals surface area (Å²) in [5.74, 6) is -1.04. The fraction of sp³-hybridized carbons (Fsp3) is 0.125. The van der Waals surface area contributed by atoms with Crippen molar-refractivity contribution in [2.45, 2.75) is 6.54 Å². The Morgan fingerprint density at radius 2 is 1.81 bits per heavy atom. The van der Waals surface area contributed by atoms with Gasteiger partial charge in [0.25, 0.3) is 5.91 Å². The summed E-state index contributed by atoms with van der Waals surface area (Å²) < 4.78 is 25.0. The first-order chi connectivity index (χ1) is 15.5. The van der Waals surface area contributed by atoms with Crippen LogP contribution in [0.3, 0.4) is 0 Å². The van der Waals surface area contributed by atoms with E-state index in [1.165, 1.54) is 17.2 Å². The van der Waals surface area contributed by atoms with Crippen LogP contribution < -0.4 is 0 Å². The SMILES string of the molecule is CN(Cc1cccs1)C(=O)COC(=O)c1ccccc1-c1ncc(-c2ccccc2F)o1. The number of likely N-dealkylation sites (N-methyl/N-ethyl adjacent to an activating group) is 1. The van der Waals surface area contributed by atoms with Gasteiger partial charge in [-0.05, 0) is 35.7 Å². The van der Waals surface area contributed by atoms with Gasteiger partial charge in [0.15, 0.2) is 12.4 Å². The minimum absolute atomic E-state index is 0.150. The molecule has 2 heterocycles. The van der Waals surface area contributed by atoms with Crippen LogP contribution in [0.4, 0.5) is 4.39 Å². The molecule has 0 aliphatic heterocycles. The molecule has 0 unspecified atom stereocenters. The summed E-state index contributed by atoms with van der Waals surface area (Å²) in [6.45, 7) is 0.0564. The quantitative estimate of drug-likeness (QED) is 0.370. The third-order valence-corrected chi connectivity index (χ3v) is 5.61. The summed E-state index contributed by atoms with van der Waals surface area (Å²) in [5, 5.41) is 1.94. The van der Waals surface area contributed by atoms with Gasteiger partial charge in [0.1, 0.15) is 5.82 Å². The van der Waals surface area contributed by atoms with Crippen LogP contribution in [0.5, 0.6) is 0 Å². The number of halogens is 1. The van der Waals surface area contributed by atoms with Gasteiger partial charge in [-0.25, -0.2) is 14.2 Å². The molecule has 8 heteroatoms. The summed E-state index contributed by atoms with van der Waals surface area (Å²) >= 11 is 1.55. The fourth-order valence-corrected chi connectivity index (χ4v) is 3.83. The Labute approximate surface area is 187 Å². The lowest BCUT2D eigenvalue weighted by Gasteiger charge is -2.16. The maximum Gasteiger partial charge on any atom is 0.339 e. The molecule has 0 saturated heterocycles. The average Bonchev–Trinajstić information content (AvgIpc) is 3.50. The number of ether oxygens (including phenoxy) is 1. The zero-order valence-corrected chi connectivity index (χ0v) is 18.0. The molecule has 4 aromatic rings. The third kappa shape index (κ3) is 4.76. The zero-order chi connectivity index (χ0) is 22.5. The van der Waals surface area contributed by atoms with Gasteiger partial charge < -0.3 is 14.1 Å². The minimum Gasteiger partial charge on any atom is -0.452 e. The van der Waals surface area contributed by atoms with Crippen molar-refractivity contribution in [1.82, 2.24) is 9.88 Å². The van der Waals surface area contributed by atoms with Crippen molar-refractivity contribution in [2.75, 3.05) is 13.7 Å². The Bertz CT molecular complexity index is 1240. The second-order valence-electron chi connectivity index (χ2n) is 6.96. The van der Waals surface area contributed by atoms with Gasteiger partial charge >= 0.3 is 5.97 Å². The highest BCUT2D eigenvalue weighted by Gasteiger charge is 2.20. The van der Waals surface area contributed by atoms with E-state index in [-0.39, 0.29) is 35.3 Å². The Morgan fingerprint density at radius 3 is 2.56 bits per heavy atom. The highest BCUT2D eigenvalue weighted by molar-refractivity contribution is 7.09. The Hall–Kier alpha value is -3.78. The zero-order valence-electron chi connectivity index (χ0n) is 17.2. The molecule has 162 valence electrons. The van der Waals surface area contributed by atoms with E-state index >= 15 is 0 Å². The first-order valence-corrected chi connectivity index (χ1v) is 10.6. The number of thiophene rings is 1. The van der Waals surface area contributed by atoms with Gasteiger partial charge in [-0.15, -0.1) is 11.3 Å². The van der Waals surface area contributed by atoms with Gasteiger partial charge in [-0.3, -0.25) is 4.79 Å². The van der Waals surface area contributed by atoms with Crippen molar-refractivity contribution < 1.29 is 23.1 Å². The number of aromatic nitrogens is 1. The molecule has 0 aliphatic rings. The van der Waals surface area contributed by atoms with Crippen LogP contribution in [0.25, 0.3) is 22.8 Å². The van der Waals surface area contributed by atoms with Gasteiger partial charge in [-0.2, -0.15) is 0 Å². The molecule has 0 aliphatic carbocycles. The summed E-state index contributed by atoms with van der Waals surface area (Å²) in [7, 11) is 1.65. The highest BCUT2D eigenvalue weighted by Crippen LogP contribution is 2.29. The third-order valence-electron chi connectivity index (χ3n) is 4.75. The topological polar surface area (TPSA) is 72.6 Å². The second-order valence-corrected chi connectivity index (χ2v) is 7.99. The van der Waals surface area contributed by atoms with Crippen LogP contribution in [-0.2, 0) is 16.1 Å². The molecule has 6 nitrogen and oxygen atoms in total. The smallest absolute Gasteiger partial charge is 0.339 e. The van der Waals surface area contributed by atoms with Gasteiger partial charge in [0, 0.05) is 11.9 Å². The highest BCUT2D eigenvalue weighted by atomic mass is 32.1. The molecule has 0 atom stereocenters. The number of amides is 1. The van der Waals surface area contributed by atoms with E-state index in [0.29, 0.717) is 12.1 Å². The summed E-state index contributed by atoms with van der Waals surface area (Å²) in [6.07, 6.45) is 1.40. The second kappa shape index (κ2) is 9.57. The maximum atomic E-state index is 14.1. The Morgan fingerprint density at radius 1 is 1.06 bits per heavy atom. The molecular formula is C24H19FN2O4S. The van der Waals surface area contributed by atoms with E-state index in [0.717, 1.165) is 4.88 Å². The van der Waals surface area contributed by atoms with Crippen LogP contribution in [0.1, 0.15) is 15.2 Å². The van der Waals surface area contributed by atoms with Crippen molar-refractivity contribution in [3.05, 3.63) is 88.5 Å². The molecule has 0 radical (unpaired) electrons. The number of nitrogens with zero attached hydrogens (tertiary/aromatic N) is 2. The maximum absolute atomic E-state index is 14.1. The number of benzene rings is 2. The van der Waals surface area contributed by atoms with Crippen LogP contribution >= 0.6 is 11.3 Å². The number of carbonyl (C=O) groups excluding carboxylic acids is 2. The van der Waals surface area contributed by atoms with Crippen molar-refractivity contribution in [3.8, 4) is 22.8 Å². The predicted octanol–water partition coefficient (Wildman–Crippen LogP) is 5.02. The number of oxazole rings is 1. The van der Waals surface area contributed by atoms with E-state index < -0.39 is 11.8 Å². The molecule has 2 aromatic carbocycles. The van der Waals surface area contributed by atoms with E-state index in [4.69, 9.17) is 9.15 Å². The van der Waals surface area contributed by atoms with Crippen molar-refractivity contribution in [3.63, 3.8) is 0 Å². The molecule has 32 heavy (non-hydrogen) atoms. The number of esters is 1. The molecule has 0 N–H and O–H groups in total. The number of rotatable bonds is 7. The largest absolute Gasteiger partial charge is 0.452 e. The number of carbonyl (C=O) groups is 2. The standard InChI is InChI=1S/C24H19FN2O4S/c1-27(14-16-7-6-12-32-16)22(28)15-30-24(29)18-9-3-2-8-17(18)23-26-13-21(31-23)19-10-4-5-11-20(19)25/h2-13H,14-15H2,1H3. The molecule has 0 fully saturated rings. The minimum atomic E-state index is -0.677.